The Bertz CT molecular complexity index is 1570. The molecule has 0 atom stereocenters. The molecule has 0 radical (unpaired) electrons. The number of amides is 1. The lowest BCUT2D eigenvalue weighted by atomic mass is 10.0. The first-order valence-electron chi connectivity index (χ1n) is 12.3. The number of carbonyl (C=O) groups is 1. The highest BCUT2D eigenvalue weighted by Gasteiger charge is 2.21. The first kappa shape index (κ1) is 25.0. The average molecular weight is 512 g/mol. The quantitative estimate of drug-likeness (QED) is 0.319. The van der Waals surface area contributed by atoms with Gasteiger partial charge in [-0.15, -0.1) is 0 Å². The van der Waals surface area contributed by atoms with Crippen molar-refractivity contribution < 1.29 is 9.53 Å². The fourth-order valence-electron chi connectivity index (χ4n) is 4.06. The number of pyridine rings is 1. The van der Waals surface area contributed by atoms with Crippen LogP contribution in [0.1, 0.15) is 17.3 Å². The van der Waals surface area contributed by atoms with Crippen molar-refractivity contribution in [3.05, 3.63) is 66.9 Å². The van der Waals surface area contributed by atoms with Gasteiger partial charge < -0.3 is 15.0 Å². The molecule has 194 valence electrons. The van der Waals surface area contributed by atoms with E-state index in [9.17, 15) is 4.79 Å². The number of aryl methyl sites for hydroxylation is 1. The number of ether oxygens (including phenoxy) is 1. The minimum atomic E-state index is -0.339. The molecule has 0 saturated heterocycles. The summed E-state index contributed by atoms with van der Waals surface area (Å²) >= 11 is 0. The fourth-order valence-corrected chi connectivity index (χ4v) is 4.06. The van der Waals surface area contributed by atoms with E-state index in [4.69, 9.17) is 14.8 Å². The van der Waals surface area contributed by atoms with Gasteiger partial charge in [0.25, 0.3) is 5.91 Å². The molecule has 1 amide bonds. The molecular formula is C27H29N9O2. The number of benzene rings is 1. The third kappa shape index (κ3) is 5.09. The zero-order valence-electron chi connectivity index (χ0n) is 21.8. The Kier molecular flexibility index (Phi) is 7.09. The summed E-state index contributed by atoms with van der Waals surface area (Å²) in [5, 5.41) is 11.9. The maximum atomic E-state index is 13.1. The van der Waals surface area contributed by atoms with Gasteiger partial charge in [-0.1, -0.05) is 30.3 Å². The van der Waals surface area contributed by atoms with Crippen molar-refractivity contribution in [2.75, 3.05) is 33.1 Å². The van der Waals surface area contributed by atoms with E-state index in [1.54, 1.807) is 23.1 Å². The zero-order valence-corrected chi connectivity index (χ0v) is 21.8. The van der Waals surface area contributed by atoms with Crippen LogP contribution >= 0.6 is 0 Å². The van der Waals surface area contributed by atoms with Gasteiger partial charge in [-0.25, -0.2) is 15.0 Å². The third-order valence-corrected chi connectivity index (χ3v) is 6.09. The summed E-state index contributed by atoms with van der Waals surface area (Å²) in [6.45, 7) is 4.22. The number of carbonyl (C=O) groups excluding carboxylic acids is 1. The van der Waals surface area contributed by atoms with Crippen LogP contribution in [-0.4, -0.2) is 73.1 Å². The third-order valence-electron chi connectivity index (χ3n) is 6.09. The van der Waals surface area contributed by atoms with Crippen molar-refractivity contribution in [2.45, 2.75) is 20.0 Å². The van der Waals surface area contributed by atoms with Crippen LogP contribution in [0.3, 0.4) is 0 Å². The Morgan fingerprint density at radius 3 is 2.63 bits per heavy atom. The number of fused-ring (bicyclic) bond motifs is 1. The lowest BCUT2D eigenvalue weighted by Crippen LogP contribution is -2.18. The standard InChI is InChI=1S/C27H29N9O2/c1-5-35-16-20(23(33-35)18-9-7-6-8-10-18)24-25-21(28-17-29-24)13-22(38-4)26(31-25)32-27(37)19-14-30-36(15-19)12-11-34(2)3/h6-10,13-17H,5,11-12H2,1-4H3,(H,31,32,37). The van der Waals surface area contributed by atoms with Gasteiger partial charge in [-0.05, 0) is 21.0 Å². The average Bonchev–Trinajstić information content (AvgIpc) is 3.59. The molecule has 0 spiro atoms. The highest BCUT2D eigenvalue weighted by atomic mass is 16.5. The number of hydrogen-bond acceptors (Lipinski definition) is 8. The van der Waals surface area contributed by atoms with Crippen LogP contribution in [0.4, 0.5) is 5.82 Å². The summed E-state index contributed by atoms with van der Waals surface area (Å²) in [4.78, 5) is 28.9. The fraction of sp³-hybridized carbons (Fsp3) is 0.259. The summed E-state index contributed by atoms with van der Waals surface area (Å²) in [7, 11) is 5.50. The van der Waals surface area contributed by atoms with Crippen LogP contribution in [0, 0.1) is 0 Å². The number of nitrogens with one attached hydrogen (secondary N) is 1. The first-order chi connectivity index (χ1) is 18.5. The number of aromatic nitrogens is 7. The molecule has 1 aromatic carbocycles. The Balaban J connectivity index is 1.54. The van der Waals surface area contributed by atoms with Gasteiger partial charge in [0.2, 0.25) is 0 Å². The van der Waals surface area contributed by atoms with Crippen molar-refractivity contribution in [2.24, 2.45) is 0 Å². The van der Waals surface area contributed by atoms with Gasteiger partial charge in [-0.2, -0.15) is 10.2 Å². The summed E-state index contributed by atoms with van der Waals surface area (Å²) in [6, 6.07) is 11.7. The predicted molar refractivity (Wildman–Crippen MR) is 145 cm³/mol. The topological polar surface area (TPSA) is 116 Å². The highest BCUT2D eigenvalue weighted by molar-refractivity contribution is 6.05. The van der Waals surface area contributed by atoms with Crippen molar-refractivity contribution in [1.82, 2.24) is 39.4 Å². The molecule has 0 aliphatic rings. The van der Waals surface area contributed by atoms with Crippen molar-refractivity contribution >= 4 is 22.8 Å². The van der Waals surface area contributed by atoms with Gasteiger partial charge in [0.05, 0.1) is 30.9 Å². The van der Waals surface area contributed by atoms with E-state index < -0.39 is 0 Å². The number of hydrogen-bond donors (Lipinski definition) is 1. The van der Waals surface area contributed by atoms with E-state index in [0.29, 0.717) is 41.1 Å². The van der Waals surface area contributed by atoms with Crippen LogP contribution in [0.25, 0.3) is 33.5 Å². The second-order valence-electron chi connectivity index (χ2n) is 8.99. The van der Waals surface area contributed by atoms with Gasteiger partial charge in [0.1, 0.15) is 23.2 Å². The normalized spacial score (nSPS) is 11.3. The lowest BCUT2D eigenvalue weighted by molar-refractivity contribution is 0.102. The Morgan fingerprint density at radius 2 is 1.89 bits per heavy atom. The van der Waals surface area contributed by atoms with Gasteiger partial charge >= 0.3 is 0 Å². The molecule has 38 heavy (non-hydrogen) atoms. The number of likely N-dealkylation sites (N-methyl/N-ethyl adjacent to an activating group) is 1. The van der Waals surface area contributed by atoms with E-state index in [1.165, 1.54) is 13.4 Å². The van der Waals surface area contributed by atoms with Crippen LogP contribution in [0.5, 0.6) is 5.75 Å². The molecule has 0 aliphatic heterocycles. The maximum Gasteiger partial charge on any atom is 0.260 e. The largest absolute Gasteiger partial charge is 0.493 e. The van der Waals surface area contributed by atoms with E-state index in [1.807, 2.05) is 62.2 Å². The molecule has 11 nitrogen and oxygen atoms in total. The van der Waals surface area contributed by atoms with E-state index >= 15 is 0 Å². The molecule has 0 bridgehead atoms. The predicted octanol–water partition coefficient (Wildman–Crippen LogP) is 3.59. The first-order valence-corrected chi connectivity index (χ1v) is 12.3. The van der Waals surface area contributed by atoms with Crippen molar-refractivity contribution in [1.29, 1.82) is 0 Å². The zero-order chi connectivity index (χ0) is 26.6. The Labute approximate surface area is 220 Å². The number of rotatable bonds is 9. The molecular weight excluding hydrogens is 482 g/mol. The summed E-state index contributed by atoms with van der Waals surface area (Å²) < 4.78 is 9.15. The lowest BCUT2D eigenvalue weighted by Gasteiger charge is -2.12. The molecule has 0 saturated carbocycles. The number of nitrogens with zero attached hydrogens (tertiary/aromatic N) is 8. The van der Waals surface area contributed by atoms with Gasteiger partial charge in [-0.3, -0.25) is 14.2 Å². The summed E-state index contributed by atoms with van der Waals surface area (Å²) in [6.07, 6.45) is 6.71. The SMILES string of the molecule is CCn1cc(-c2ncnc3cc(OC)c(NC(=O)c4cnn(CCN(C)C)c4)nc23)c(-c2ccccc2)n1. The highest BCUT2D eigenvalue weighted by Crippen LogP contribution is 2.35. The molecule has 5 rings (SSSR count). The molecule has 11 heteroatoms. The van der Waals surface area contributed by atoms with Gasteiger partial charge in [0.15, 0.2) is 11.6 Å². The second-order valence-corrected chi connectivity index (χ2v) is 8.99. The number of anilines is 1. The van der Waals surface area contributed by atoms with E-state index in [2.05, 4.69) is 25.3 Å². The molecule has 4 aromatic heterocycles. The second kappa shape index (κ2) is 10.8. The minimum absolute atomic E-state index is 0.270. The molecule has 0 unspecified atom stereocenters. The molecule has 0 fully saturated rings. The summed E-state index contributed by atoms with van der Waals surface area (Å²) in [5.41, 5.74) is 4.73. The van der Waals surface area contributed by atoms with Crippen LogP contribution in [0.15, 0.2) is 61.3 Å². The van der Waals surface area contributed by atoms with E-state index in [0.717, 1.165) is 23.4 Å². The monoisotopic (exact) mass is 511 g/mol. The molecule has 1 N–H and O–H groups in total. The van der Waals surface area contributed by atoms with Gasteiger partial charge in [0, 0.05) is 42.7 Å². The van der Waals surface area contributed by atoms with Crippen LogP contribution < -0.4 is 10.1 Å². The summed E-state index contributed by atoms with van der Waals surface area (Å²) in [5.74, 6) is 0.322. The molecule has 0 aliphatic carbocycles. The smallest absolute Gasteiger partial charge is 0.260 e. The Hall–Kier alpha value is -4.64. The van der Waals surface area contributed by atoms with Crippen LogP contribution in [-0.2, 0) is 13.1 Å². The maximum absolute atomic E-state index is 13.1. The van der Waals surface area contributed by atoms with E-state index in [-0.39, 0.29) is 11.7 Å². The van der Waals surface area contributed by atoms with Crippen LogP contribution in [0.2, 0.25) is 0 Å². The Morgan fingerprint density at radius 1 is 1.08 bits per heavy atom. The minimum Gasteiger partial charge on any atom is -0.493 e. The molecule has 5 aromatic rings. The van der Waals surface area contributed by atoms with Crippen molar-refractivity contribution in [3.63, 3.8) is 0 Å². The number of methoxy groups -OCH3 is 1. The molecule has 4 heterocycles. The van der Waals surface area contributed by atoms with Crippen molar-refractivity contribution in [3.8, 4) is 28.3 Å².